The van der Waals surface area contributed by atoms with Gasteiger partial charge in [0.1, 0.15) is 0 Å². The van der Waals surface area contributed by atoms with E-state index in [1.165, 1.54) is 12.8 Å². The zero-order chi connectivity index (χ0) is 13.3. The van der Waals surface area contributed by atoms with Gasteiger partial charge in [0.2, 0.25) is 0 Å². The number of aryl methyl sites for hydroxylation is 1. The van der Waals surface area contributed by atoms with Crippen molar-refractivity contribution in [2.75, 3.05) is 0 Å². The Bertz CT molecular complexity index is 396. The van der Waals surface area contributed by atoms with E-state index in [4.69, 9.17) is 5.73 Å². The van der Waals surface area contributed by atoms with Crippen LogP contribution in [-0.2, 0) is 13.5 Å². The highest BCUT2D eigenvalue weighted by Crippen LogP contribution is 2.41. The van der Waals surface area contributed by atoms with Crippen molar-refractivity contribution in [3.8, 4) is 0 Å². The summed E-state index contributed by atoms with van der Waals surface area (Å²) in [5.41, 5.74) is 7.86. The minimum atomic E-state index is -0.0693. The molecule has 1 aliphatic carbocycles. The molecule has 1 aliphatic rings. The lowest BCUT2D eigenvalue weighted by atomic mass is 9.64. The smallest absolute Gasteiger partial charge is 0.0642 e. The molecule has 0 bridgehead atoms. The average Bonchev–Trinajstić information content (AvgIpc) is 2.62. The van der Waals surface area contributed by atoms with Crippen LogP contribution in [0.4, 0.5) is 0 Å². The molecule has 1 saturated carbocycles. The van der Waals surface area contributed by atoms with Gasteiger partial charge in [-0.15, -0.1) is 0 Å². The Labute approximate surface area is 111 Å². The summed E-state index contributed by atoms with van der Waals surface area (Å²) in [4.78, 5) is 0. The summed E-state index contributed by atoms with van der Waals surface area (Å²) < 4.78 is 1.87. The van der Waals surface area contributed by atoms with Crippen molar-refractivity contribution in [2.45, 2.75) is 52.0 Å². The SMILES string of the molecule is CC1CCC(C(C)C)C(N)(Cc2ccn(C)n2)C1. The predicted molar refractivity (Wildman–Crippen MR) is 75.2 cm³/mol. The van der Waals surface area contributed by atoms with E-state index in [0.717, 1.165) is 24.5 Å². The first-order chi connectivity index (χ1) is 8.40. The molecule has 3 atom stereocenters. The van der Waals surface area contributed by atoms with Crippen LogP contribution in [0, 0.1) is 17.8 Å². The van der Waals surface area contributed by atoms with E-state index >= 15 is 0 Å². The van der Waals surface area contributed by atoms with Crippen molar-refractivity contribution in [3.05, 3.63) is 18.0 Å². The first-order valence-corrected chi connectivity index (χ1v) is 7.18. The maximum atomic E-state index is 6.79. The fourth-order valence-corrected chi connectivity index (χ4v) is 3.75. The topological polar surface area (TPSA) is 43.8 Å². The lowest BCUT2D eigenvalue weighted by Crippen LogP contribution is -2.54. The Kier molecular flexibility index (Phi) is 3.81. The van der Waals surface area contributed by atoms with Gasteiger partial charge < -0.3 is 5.73 Å². The van der Waals surface area contributed by atoms with Crippen LogP contribution in [0.5, 0.6) is 0 Å². The van der Waals surface area contributed by atoms with Crippen LogP contribution in [0.25, 0.3) is 0 Å². The average molecular weight is 249 g/mol. The molecule has 0 radical (unpaired) electrons. The van der Waals surface area contributed by atoms with Crippen LogP contribution in [0.1, 0.15) is 45.7 Å². The van der Waals surface area contributed by atoms with Gasteiger partial charge in [-0.3, -0.25) is 4.68 Å². The van der Waals surface area contributed by atoms with Gasteiger partial charge >= 0.3 is 0 Å². The van der Waals surface area contributed by atoms with Crippen LogP contribution >= 0.6 is 0 Å². The highest BCUT2D eigenvalue weighted by Gasteiger charge is 2.41. The van der Waals surface area contributed by atoms with E-state index in [-0.39, 0.29) is 5.54 Å². The molecule has 0 spiro atoms. The fraction of sp³-hybridized carbons (Fsp3) is 0.800. The Morgan fingerprint density at radius 3 is 2.78 bits per heavy atom. The van der Waals surface area contributed by atoms with Crippen molar-refractivity contribution in [1.82, 2.24) is 9.78 Å². The molecule has 2 rings (SSSR count). The number of nitrogens with zero attached hydrogens (tertiary/aromatic N) is 2. The number of hydrogen-bond acceptors (Lipinski definition) is 2. The Morgan fingerprint density at radius 1 is 1.50 bits per heavy atom. The zero-order valence-electron chi connectivity index (χ0n) is 12.2. The largest absolute Gasteiger partial charge is 0.324 e. The second-order valence-corrected chi connectivity index (χ2v) is 6.63. The molecule has 1 fully saturated rings. The van der Waals surface area contributed by atoms with Gasteiger partial charge in [-0.1, -0.05) is 27.2 Å². The van der Waals surface area contributed by atoms with E-state index < -0.39 is 0 Å². The van der Waals surface area contributed by atoms with Crippen LogP contribution < -0.4 is 5.73 Å². The highest BCUT2D eigenvalue weighted by molar-refractivity contribution is 5.09. The lowest BCUT2D eigenvalue weighted by molar-refractivity contribution is 0.108. The normalized spacial score (nSPS) is 33.0. The van der Waals surface area contributed by atoms with E-state index in [9.17, 15) is 0 Å². The highest BCUT2D eigenvalue weighted by atomic mass is 15.2. The minimum Gasteiger partial charge on any atom is -0.324 e. The van der Waals surface area contributed by atoms with E-state index in [1.54, 1.807) is 0 Å². The van der Waals surface area contributed by atoms with Gasteiger partial charge in [0.05, 0.1) is 5.69 Å². The van der Waals surface area contributed by atoms with E-state index in [1.807, 2.05) is 17.9 Å². The van der Waals surface area contributed by atoms with Crippen molar-refractivity contribution in [1.29, 1.82) is 0 Å². The molecule has 1 aromatic heterocycles. The van der Waals surface area contributed by atoms with Gasteiger partial charge in [0.25, 0.3) is 0 Å². The second kappa shape index (κ2) is 5.04. The van der Waals surface area contributed by atoms with E-state index in [2.05, 4.69) is 31.9 Å². The molecule has 0 aromatic carbocycles. The third-order valence-electron chi connectivity index (χ3n) is 4.52. The number of hydrogen-bond donors (Lipinski definition) is 1. The molecular weight excluding hydrogens is 222 g/mol. The predicted octanol–water partition coefficient (Wildman–Crippen LogP) is 2.75. The van der Waals surface area contributed by atoms with Crippen LogP contribution in [0.3, 0.4) is 0 Å². The van der Waals surface area contributed by atoms with Gasteiger partial charge in [-0.05, 0) is 36.7 Å². The lowest BCUT2D eigenvalue weighted by Gasteiger charge is -2.45. The standard InChI is InChI=1S/C15H27N3/c1-11(2)14-6-5-12(3)9-15(14,16)10-13-7-8-18(4)17-13/h7-8,11-12,14H,5-6,9-10,16H2,1-4H3. The maximum Gasteiger partial charge on any atom is 0.0642 e. The van der Waals surface area contributed by atoms with Crippen LogP contribution in [-0.4, -0.2) is 15.3 Å². The summed E-state index contributed by atoms with van der Waals surface area (Å²) in [7, 11) is 1.97. The third kappa shape index (κ3) is 2.77. The molecule has 0 aliphatic heterocycles. The molecule has 3 heteroatoms. The van der Waals surface area contributed by atoms with Crippen molar-refractivity contribution in [3.63, 3.8) is 0 Å². The second-order valence-electron chi connectivity index (χ2n) is 6.63. The number of rotatable bonds is 3. The molecule has 0 amide bonds. The zero-order valence-corrected chi connectivity index (χ0v) is 12.2. The molecule has 3 unspecified atom stereocenters. The molecule has 1 heterocycles. The minimum absolute atomic E-state index is 0.0693. The summed E-state index contributed by atoms with van der Waals surface area (Å²) >= 11 is 0. The van der Waals surface area contributed by atoms with Crippen molar-refractivity contribution >= 4 is 0 Å². The Balaban J connectivity index is 2.18. The summed E-state index contributed by atoms with van der Waals surface area (Å²) in [6.07, 6.45) is 6.65. The molecule has 2 N–H and O–H groups in total. The third-order valence-corrected chi connectivity index (χ3v) is 4.52. The van der Waals surface area contributed by atoms with Gasteiger partial charge in [-0.2, -0.15) is 5.10 Å². The molecule has 102 valence electrons. The molecule has 18 heavy (non-hydrogen) atoms. The Hall–Kier alpha value is -0.830. The maximum absolute atomic E-state index is 6.79. The summed E-state index contributed by atoms with van der Waals surface area (Å²) in [5, 5.41) is 4.51. The number of aromatic nitrogens is 2. The van der Waals surface area contributed by atoms with Crippen molar-refractivity contribution in [2.24, 2.45) is 30.5 Å². The quantitative estimate of drug-likeness (QED) is 0.895. The summed E-state index contributed by atoms with van der Waals surface area (Å²) in [5.74, 6) is 2.02. The van der Waals surface area contributed by atoms with Gasteiger partial charge in [-0.25, -0.2) is 0 Å². The van der Waals surface area contributed by atoms with Gasteiger partial charge in [0, 0.05) is 25.2 Å². The molecule has 1 aromatic rings. The van der Waals surface area contributed by atoms with E-state index in [0.29, 0.717) is 11.8 Å². The monoisotopic (exact) mass is 249 g/mol. The van der Waals surface area contributed by atoms with Crippen LogP contribution in [0.15, 0.2) is 12.3 Å². The molecular formula is C15H27N3. The Morgan fingerprint density at radius 2 is 2.22 bits per heavy atom. The first-order valence-electron chi connectivity index (χ1n) is 7.18. The van der Waals surface area contributed by atoms with Crippen molar-refractivity contribution < 1.29 is 0 Å². The van der Waals surface area contributed by atoms with Crippen LogP contribution in [0.2, 0.25) is 0 Å². The molecule has 3 nitrogen and oxygen atoms in total. The molecule has 0 saturated heterocycles. The fourth-order valence-electron chi connectivity index (χ4n) is 3.75. The summed E-state index contributed by atoms with van der Waals surface area (Å²) in [6, 6.07) is 2.10. The first kappa shape index (κ1) is 13.6. The summed E-state index contributed by atoms with van der Waals surface area (Å²) in [6.45, 7) is 6.94. The van der Waals surface area contributed by atoms with Gasteiger partial charge in [0.15, 0.2) is 0 Å². The number of nitrogens with two attached hydrogens (primary N) is 1.